The molecule has 1 aliphatic heterocycles. The number of thiophene rings is 1. The molecule has 0 saturated carbocycles. The van der Waals surface area contributed by atoms with Crippen LogP contribution < -0.4 is 10.9 Å². The van der Waals surface area contributed by atoms with Gasteiger partial charge in [-0.2, -0.15) is 0 Å². The lowest BCUT2D eigenvalue weighted by atomic mass is 10.1. The van der Waals surface area contributed by atoms with Crippen LogP contribution in [0.2, 0.25) is 0 Å². The Bertz CT molecular complexity index is 1180. The van der Waals surface area contributed by atoms with Crippen molar-refractivity contribution >= 4 is 33.4 Å². The van der Waals surface area contributed by atoms with Gasteiger partial charge >= 0.3 is 0 Å². The Morgan fingerprint density at radius 3 is 3.00 bits per heavy atom. The molecule has 5 rings (SSSR count). The van der Waals surface area contributed by atoms with Crippen molar-refractivity contribution in [2.45, 2.75) is 31.8 Å². The highest BCUT2D eigenvalue weighted by Crippen LogP contribution is 2.38. The average Bonchev–Trinajstić information content (AvgIpc) is 3.47. The van der Waals surface area contributed by atoms with Crippen molar-refractivity contribution in [3.63, 3.8) is 0 Å². The third kappa shape index (κ3) is 3.31. The fourth-order valence-corrected chi connectivity index (χ4v) is 5.34. The SMILES string of the molecule is O=C(NCCn1cnc2ccsc2c1=O)C1CC(=O)N(C2CCc3ccccc32)C1. The Labute approximate surface area is 177 Å². The van der Waals surface area contributed by atoms with Gasteiger partial charge in [-0.05, 0) is 35.4 Å². The lowest BCUT2D eigenvalue weighted by molar-refractivity contribution is -0.130. The molecule has 2 amide bonds. The zero-order valence-corrected chi connectivity index (χ0v) is 17.2. The Morgan fingerprint density at radius 1 is 1.23 bits per heavy atom. The zero-order chi connectivity index (χ0) is 20.7. The minimum atomic E-state index is -0.347. The van der Waals surface area contributed by atoms with E-state index in [1.807, 2.05) is 28.5 Å². The van der Waals surface area contributed by atoms with Gasteiger partial charge in [0.25, 0.3) is 5.56 Å². The number of aromatic nitrogens is 2. The second kappa shape index (κ2) is 7.68. The van der Waals surface area contributed by atoms with E-state index in [9.17, 15) is 14.4 Å². The topological polar surface area (TPSA) is 84.3 Å². The molecule has 1 fully saturated rings. The molecule has 2 aromatic heterocycles. The molecule has 1 saturated heterocycles. The molecule has 1 aliphatic carbocycles. The van der Waals surface area contributed by atoms with Gasteiger partial charge in [0.05, 0.1) is 23.8 Å². The van der Waals surface area contributed by atoms with E-state index in [4.69, 9.17) is 0 Å². The normalized spacial score (nSPS) is 20.7. The first-order valence-electron chi connectivity index (χ1n) is 10.2. The van der Waals surface area contributed by atoms with E-state index in [0.717, 1.165) is 12.8 Å². The van der Waals surface area contributed by atoms with E-state index in [1.54, 1.807) is 0 Å². The predicted octanol–water partition coefficient (Wildman–Crippen LogP) is 2.11. The zero-order valence-electron chi connectivity index (χ0n) is 16.4. The number of nitrogens with one attached hydrogen (secondary N) is 1. The molecule has 3 heterocycles. The molecule has 7 nitrogen and oxygen atoms in total. The lowest BCUT2D eigenvalue weighted by Gasteiger charge is -2.25. The molecule has 1 aromatic carbocycles. The molecule has 2 unspecified atom stereocenters. The fraction of sp³-hybridized carbons (Fsp3) is 0.364. The maximum absolute atomic E-state index is 12.7. The maximum Gasteiger partial charge on any atom is 0.271 e. The molecule has 2 atom stereocenters. The van der Waals surface area contributed by atoms with Crippen molar-refractivity contribution in [1.82, 2.24) is 19.8 Å². The van der Waals surface area contributed by atoms with Gasteiger partial charge in [-0.1, -0.05) is 24.3 Å². The number of rotatable bonds is 5. The van der Waals surface area contributed by atoms with Gasteiger partial charge in [0.15, 0.2) is 0 Å². The number of hydrogen-bond donors (Lipinski definition) is 1. The van der Waals surface area contributed by atoms with Crippen LogP contribution in [0.3, 0.4) is 0 Å². The molecule has 2 aliphatic rings. The Balaban J connectivity index is 1.20. The number of aryl methyl sites for hydroxylation is 1. The van der Waals surface area contributed by atoms with Crippen LogP contribution in [0.5, 0.6) is 0 Å². The predicted molar refractivity (Wildman–Crippen MR) is 114 cm³/mol. The van der Waals surface area contributed by atoms with E-state index in [1.165, 1.54) is 33.4 Å². The van der Waals surface area contributed by atoms with Crippen molar-refractivity contribution in [3.05, 3.63) is 63.5 Å². The number of amides is 2. The summed E-state index contributed by atoms with van der Waals surface area (Å²) in [5.74, 6) is -0.435. The van der Waals surface area contributed by atoms with Gasteiger partial charge in [0.1, 0.15) is 4.70 Å². The highest BCUT2D eigenvalue weighted by molar-refractivity contribution is 7.17. The summed E-state index contributed by atoms with van der Waals surface area (Å²) in [4.78, 5) is 43.8. The molecule has 154 valence electrons. The summed E-state index contributed by atoms with van der Waals surface area (Å²) < 4.78 is 2.14. The van der Waals surface area contributed by atoms with Gasteiger partial charge in [-0.15, -0.1) is 11.3 Å². The summed E-state index contributed by atoms with van der Waals surface area (Å²) >= 11 is 1.37. The smallest absolute Gasteiger partial charge is 0.271 e. The average molecular weight is 423 g/mol. The number of fused-ring (bicyclic) bond motifs is 2. The number of likely N-dealkylation sites (tertiary alicyclic amines) is 1. The van der Waals surface area contributed by atoms with Crippen LogP contribution in [-0.4, -0.2) is 39.4 Å². The number of nitrogens with zero attached hydrogens (tertiary/aromatic N) is 3. The van der Waals surface area contributed by atoms with Gasteiger partial charge in [0.2, 0.25) is 11.8 Å². The summed E-state index contributed by atoms with van der Waals surface area (Å²) in [6, 6.07) is 10.1. The first kappa shape index (κ1) is 19.0. The first-order valence-corrected chi connectivity index (χ1v) is 11.1. The van der Waals surface area contributed by atoms with Gasteiger partial charge in [-0.3, -0.25) is 19.0 Å². The van der Waals surface area contributed by atoms with Crippen LogP contribution in [0.25, 0.3) is 10.2 Å². The fourth-order valence-electron chi connectivity index (χ4n) is 4.55. The Kier molecular flexibility index (Phi) is 4.86. The minimum absolute atomic E-state index is 0.0421. The van der Waals surface area contributed by atoms with Gasteiger partial charge < -0.3 is 10.2 Å². The summed E-state index contributed by atoms with van der Waals surface area (Å²) in [5, 5.41) is 4.74. The molecular formula is C22H22N4O3S. The summed E-state index contributed by atoms with van der Waals surface area (Å²) in [5.41, 5.74) is 3.11. The Hall–Kier alpha value is -3.00. The van der Waals surface area contributed by atoms with Crippen molar-refractivity contribution in [1.29, 1.82) is 0 Å². The lowest BCUT2D eigenvalue weighted by Crippen LogP contribution is -2.36. The maximum atomic E-state index is 12.7. The first-order chi connectivity index (χ1) is 14.6. The number of hydrogen-bond acceptors (Lipinski definition) is 5. The van der Waals surface area contributed by atoms with E-state index >= 15 is 0 Å². The quantitative estimate of drug-likeness (QED) is 0.683. The van der Waals surface area contributed by atoms with E-state index in [2.05, 4.69) is 22.4 Å². The molecule has 0 spiro atoms. The van der Waals surface area contributed by atoms with Crippen molar-refractivity contribution in [2.75, 3.05) is 13.1 Å². The highest BCUT2D eigenvalue weighted by Gasteiger charge is 2.40. The van der Waals surface area contributed by atoms with Crippen LogP contribution in [0.15, 0.2) is 46.8 Å². The molecular weight excluding hydrogens is 400 g/mol. The molecule has 30 heavy (non-hydrogen) atoms. The van der Waals surface area contributed by atoms with E-state index in [0.29, 0.717) is 29.9 Å². The number of carbonyl (C=O) groups excluding carboxylic acids is 2. The van der Waals surface area contributed by atoms with Crippen molar-refractivity contribution < 1.29 is 9.59 Å². The van der Waals surface area contributed by atoms with Crippen LogP contribution in [0.4, 0.5) is 0 Å². The van der Waals surface area contributed by atoms with Crippen LogP contribution >= 0.6 is 11.3 Å². The second-order valence-electron chi connectivity index (χ2n) is 7.87. The number of benzene rings is 1. The summed E-state index contributed by atoms with van der Waals surface area (Å²) in [7, 11) is 0. The molecule has 0 radical (unpaired) electrons. The van der Waals surface area contributed by atoms with Crippen LogP contribution in [-0.2, 0) is 22.6 Å². The van der Waals surface area contributed by atoms with Gasteiger partial charge in [0, 0.05) is 26.1 Å². The summed E-state index contributed by atoms with van der Waals surface area (Å²) in [6.45, 7) is 1.13. The van der Waals surface area contributed by atoms with Crippen LogP contribution in [0.1, 0.15) is 30.0 Å². The van der Waals surface area contributed by atoms with Gasteiger partial charge in [-0.25, -0.2) is 4.98 Å². The minimum Gasteiger partial charge on any atom is -0.354 e. The third-order valence-corrected chi connectivity index (χ3v) is 6.99. The largest absolute Gasteiger partial charge is 0.354 e. The standard InChI is InChI=1S/C22H22N4O3S/c27-19-11-15(12-26(19)18-6-5-14-3-1-2-4-16(14)18)21(28)23-8-9-25-13-24-17-7-10-30-20(17)22(25)29/h1-4,7,10,13,15,18H,5-6,8-9,11-12H2,(H,23,28). The van der Waals surface area contributed by atoms with Crippen LogP contribution in [0, 0.1) is 5.92 Å². The Morgan fingerprint density at radius 2 is 2.10 bits per heavy atom. The molecule has 8 heteroatoms. The third-order valence-electron chi connectivity index (χ3n) is 6.09. The summed E-state index contributed by atoms with van der Waals surface area (Å²) in [6.07, 6.45) is 3.65. The van der Waals surface area contributed by atoms with Crippen molar-refractivity contribution in [3.8, 4) is 0 Å². The second-order valence-corrected chi connectivity index (χ2v) is 8.79. The molecule has 1 N–H and O–H groups in total. The monoisotopic (exact) mass is 422 g/mol. The highest BCUT2D eigenvalue weighted by atomic mass is 32.1. The van der Waals surface area contributed by atoms with Crippen molar-refractivity contribution in [2.24, 2.45) is 5.92 Å². The number of carbonyl (C=O) groups is 2. The molecule has 0 bridgehead atoms. The molecule has 3 aromatic rings. The van der Waals surface area contributed by atoms with E-state index < -0.39 is 0 Å². The van der Waals surface area contributed by atoms with E-state index in [-0.39, 0.29) is 35.8 Å².